The van der Waals surface area contributed by atoms with Crippen molar-refractivity contribution in [3.8, 4) is 11.5 Å². The Morgan fingerprint density at radius 3 is 2.76 bits per heavy atom. The van der Waals surface area contributed by atoms with Crippen molar-refractivity contribution in [3.05, 3.63) is 40.8 Å². The van der Waals surface area contributed by atoms with E-state index in [4.69, 9.17) is 4.84 Å². The molecule has 0 bridgehead atoms. The molecule has 0 atom stereocenters. The van der Waals surface area contributed by atoms with Crippen molar-refractivity contribution in [2.24, 2.45) is 5.16 Å². The van der Waals surface area contributed by atoms with Crippen molar-refractivity contribution in [1.82, 2.24) is 15.0 Å². The highest BCUT2D eigenvalue weighted by molar-refractivity contribution is 9.10. The average Bonchev–Trinajstić information content (AvgIpc) is 2.37. The fourth-order valence-electron chi connectivity index (χ4n) is 1.24. The standard InChI is InChI=1S/C11H9BrN4O/c1-13-17-7-9-3-2-4-10(16-9)11-14-5-8(12)6-15-11/h2-6H,1,7H2. The molecule has 2 aromatic rings. The minimum atomic E-state index is 0.286. The first kappa shape index (κ1) is 11.7. The second kappa shape index (κ2) is 5.49. The number of hydrogen-bond donors (Lipinski definition) is 0. The summed E-state index contributed by atoms with van der Waals surface area (Å²) in [6, 6.07) is 5.55. The molecule has 2 aromatic heterocycles. The second-order valence-electron chi connectivity index (χ2n) is 3.14. The lowest BCUT2D eigenvalue weighted by molar-refractivity contribution is 0.130. The first-order chi connectivity index (χ1) is 8.29. The van der Waals surface area contributed by atoms with Crippen molar-refractivity contribution in [2.75, 3.05) is 0 Å². The summed E-state index contributed by atoms with van der Waals surface area (Å²) in [7, 11) is 0. The number of oxime groups is 1. The van der Waals surface area contributed by atoms with E-state index in [1.165, 1.54) is 0 Å². The summed E-state index contributed by atoms with van der Waals surface area (Å²) in [4.78, 5) is 17.5. The van der Waals surface area contributed by atoms with Gasteiger partial charge < -0.3 is 4.84 Å². The predicted octanol–water partition coefficient (Wildman–Crippen LogP) is 2.43. The Morgan fingerprint density at radius 1 is 1.29 bits per heavy atom. The van der Waals surface area contributed by atoms with Gasteiger partial charge in [0.15, 0.2) is 12.4 Å². The van der Waals surface area contributed by atoms with Crippen LogP contribution in [-0.4, -0.2) is 21.7 Å². The van der Waals surface area contributed by atoms with Crippen molar-refractivity contribution in [2.45, 2.75) is 6.61 Å². The van der Waals surface area contributed by atoms with Crippen LogP contribution in [0.2, 0.25) is 0 Å². The number of nitrogens with zero attached hydrogens (tertiary/aromatic N) is 4. The Bertz CT molecular complexity index is 515. The summed E-state index contributed by atoms with van der Waals surface area (Å²) in [5.74, 6) is 0.571. The van der Waals surface area contributed by atoms with Crippen LogP contribution < -0.4 is 0 Å². The smallest absolute Gasteiger partial charge is 0.178 e. The zero-order chi connectivity index (χ0) is 12.1. The third-order valence-corrected chi connectivity index (χ3v) is 2.37. The number of hydrogen-bond acceptors (Lipinski definition) is 5. The van der Waals surface area contributed by atoms with Gasteiger partial charge in [-0.2, -0.15) is 0 Å². The minimum absolute atomic E-state index is 0.286. The predicted molar refractivity (Wildman–Crippen MR) is 67.3 cm³/mol. The molecule has 0 aliphatic heterocycles. The molecule has 6 heteroatoms. The third kappa shape index (κ3) is 3.07. The quantitative estimate of drug-likeness (QED) is 0.641. The number of rotatable bonds is 4. The first-order valence-corrected chi connectivity index (χ1v) is 5.61. The Morgan fingerprint density at radius 2 is 2.06 bits per heavy atom. The van der Waals surface area contributed by atoms with Gasteiger partial charge in [-0.3, -0.25) is 0 Å². The summed E-state index contributed by atoms with van der Waals surface area (Å²) < 4.78 is 0.830. The van der Waals surface area contributed by atoms with Gasteiger partial charge in [0.05, 0.1) is 10.2 Å². The molecule has 0 radical (unpaired) electrons. The minimum Gasteiger partial charge on any atom is -0.390 e. The molecule has 0 unspecified atom stereocenters. The van der Waals surface area contributed by atoms with Crippen LogP contribution in [0.1, 0.15) is 5.69 Å². The topological polar surface area (TPSA) is 60.3 Å². The number of pyridine rings is 1. The lowest BCUT2D eigenvalue weighted by Gasteiger charge is -2.02. The molecule has 0 saturated heterocycles. The maximum Gasteiger partial charge on any atom is 0.178 e. The molecule has 2 heterocycles. The molecule has 2 rings (SSSR count). The van der Waals surface area contributed by atoms with E-state index in [0.29, 0.717) is 11.5 Å². The van der Waals surface area contributed by atoms with Crippen LogP contribution in [0.25, 0.3) is 11.5 Å². The normalized spacial score (nSPS) is 9.94. The van der Waals surface area contributed by atoms with Crippen LogP contribution in [0.4, 0.5) is 0 Å². The largest absolute Gasteiger partial charge is 0.390 e. The van der Waals surface area contributed by atoms with Gasteiger partial charge in [-0.15, -0.1) is 5.16 Å². The molecule has 0 N–H and O–H groups in total. The van der Waals surface area contributed by atoms with E-state index < -0.39 is 0 Å². The van der Waals surface area contributed by atoms with Crippen LogP contribution in [0.5, 0.6) is 0 Å². The van der Waals surface area contributed by atoms with Gasteiger partial charge in [0.2, 0.25) is 0 Å². The van der Waals surface area contributed by atoms with Gasteiger partial charge in [-0.1, -0.05) is 6.07 Å². The lowest BCUT2D eigenvalue weighted by Crippen LogP contribution is -1.96. The highest BCUT2D eigenvalue weighted by atomic mass is 79.9. The molecule has 0 aliphatic carbocycles. The number of aromatic nitrogens is 3. The van der Waals surface area contributed by atoms with Crippen molar-refractivity contribution in [1.29, 1.82) is 0 Å². The van der Waals surface area contributed by atoms with Gasteiger partial charge in [0.1, 0.15) is 5.69 Å². The van der Waals surface area contributed by atoms with E-state index in [2.05, 4.69) is 42.8 Å². The Hall–Kier alpha value is -1.82. The average molecular weight is 293 g/mol. The summed E-state index contributed by atoms with van der Waals surface area (Å²) in [5, 5.41) is 3.32. The number of halogens is 1. The third-order valence-electron chi connectivity index (χ3n) is 1.96. The summed E-state index contributed by atoms with van der Waals surface area (Å²) in [5.41, 5.74) is 1.45. The molecule has 0 aromatic carbocycles. The highest BCUT2D eigenvalue weighted by Crippen LogP contribution is 2.14. The van der Waals surface area contributed by atoms with Crippen LogP contribution >= 0.6 is 15.9 Å². The van der Waals surface area contributed by atoms with E-state index in [1.54, 1.807) is 12.4 Å². The molecule has 17 heavy (non-hydrogen) atoms. The molecule has 0 amide bonds. The van der Waals surface area contributed by atoms with E-state index >= 15 is 0 Å². The first-order valence-electron chi connectivity index (χ1n) is 4.81. The zero-order valence-electron chi connectivity index (χ0n) is 8.88. The van der Waals surface area contributed by atoms with Crippen LogP contribution in [0, 0.1) is 0 Å². The van der Waals surface area contributed by atoms with Gasteiger partial charge >= 0.3 is 0 Å². The zero-order valence-corrected chi connectivity index (χ0v) is 10.5. The summed E-state index contributed by atoms with van der Waals surface area (Å²) in [6.07, 6.45) is 3.36. The van der Waals surface area contributed by atoms with Crippen LogP contribution in [0.15, 0.2) is 40.2 Å². The maximum absolute atomic E-state index is 4.83. The maximum atomic E-state index is 4.83. The molecule has 0 fully saturated rings. The monoisotopic (exact) mass is 292 g/mol. The van der Waals surface area contributed by atoms with Crippen molar-refractivity contribution in [3.63, 3.8) is 0 Å². The molecular formula is C11H9BrN4O. The molecule has 0 aliphatic rings. The van der Waals surface area contributed by atoms with Gasteiger partial charge in [-0.05, 0) is 28.1 Å². The molecule has 0 spiro atoms. The second-order valence-corrected chi connectivity index (χ2v) is 4.06. The lowest BCUT2D eigenvalue weighted by atomic mass is 10.3. The Labute approximate surface area is 107 Å². The van der Waals surface area contributed by atoms with E-state index in [9.17, 15) is 0 Å². The SMILES string of the molecule is C=NOCc1cccc(-c2ncc(Br)cn2)n1. The van der Waals surface area contributed by atoms with E-state index in [1.807, 2.05) is 18.2 Å². The van der Waals surface area contributed by atoms with Gasteiger partial charge in [-0.25, -0.2) is 15.0 Å². The fourth-order valence-corrected chi connectivity index (χ4v) is 1.45. The van der Waals surface area contributed by atoms with Gasteiger partial charge in [0.25, 0.3) is 0 Å². The molecule has 5 nitrogen and oxygen atoms in total. The summed E-state index contributed by atoms with van der Waals surface area (Å²) in [6.45, 7) is 3.52. The Balaban J connectivity index is 2.26. The van der Waals surface area contributed by atoms with Crippen LogP contribution in [0.3, 0.4) is 0 Å². The van der Waals surface area contributed by atoms with Crippen molar-refractivity contribution < 1.29 is 4.84 Å². The fraction of sp³-hybridized carbons (Fsp3) is 0.0909. The van der Waals surface area contributed by atoms with Gasteiger partial charge in [0, 0.05) is 19.1 Å². The van der Waals surface area contributed by atoms with E-state index in [-0.39, 0.29) is 6.61 Å². The molecular weight excluding hydrogens is 284 g/mol. The Kier molecular flexibility index (Phi) is 3.77. The van der Waals surface area contributed by atoms with E-state index in [0.717, 1.165) is 10.2 Å². The highest BCUT2D eigenvalue weighted by Gasteiger charge is 2.04. The molecule has 86 valence electrons. The molecule has 0 saturated carbocycles. The summed E-state index contributed by atoms with van der Waals surface area (Å²) >= 11 is 3.28. The van der Waals surface area contributed by atoms with Crippen molar-refractivity contribution >= 4 is 22.6 Å². The van der Waals surface area contributed by atoms with Crippen LogP contribution in [-0.2, 0) is 11.4 Å².